The summed E-state index contributed by atoms with van der Waals surface area (Å²) < 4.78 is 0. The van der Waals surface area contributed by atoms with Crippen LogP contribution in [0.2, 0.25) is 0 Å². The third-order valence-electron chi connectivity index (χ3n) is 2.73. The minimum Gasteiger partial charge on any atom is -0.284 e. The van der Waals surface area contributed by atoms with Gasteiger partial charge in [0.15, 0.2) is 0 Å². The molecule has 18 heavy (non-hydrogen) atoms. The number of rotatable bonds is 4. The van der Waals surface area contributed by atoms with E-state index in [4.69, 9.17) is 0 Å². The van der Waals surface area contributed by atoms with Crippen molar-refractivity contribution in [1.29, 1.82) is 0 Å². The highest BCUT2D eigenvalue weighted by molar-refractivity contribution is 7.16. The van der Waals surface area contributed by atoms with E-state index in [9.17, 15) is 4.79 Å². The fraction of sp³-hybridized carbons (Fsp3) is 0.333. The Morgan fingerprint density at radius 3 is 2.44 bits per heavy atom. The molecule has 1 radical (unpaired) electrons. The zero-order chi connectivity index (χ0) is 13.1. The number of carbonyl (C=O) groups excluding carboxylic acids is 1. The molecule has 0 atom stereocenters. The van der Waals surface area contributed by atoms with Crippen LogP contribution in [0.3, 0.4) is 0 Å². The molecule has 0 aliphatic carbocycles. The van der Waals surface area contributed by atoms with Crippen molar-refractivity contribution < 1.29 is 4.79 Å². The Morgan fingerprint density at radius 1 is 1.28 bits per heavy atom. The molecule has 1 aromatic carbocycles. The number of benzene rings is 1. The Kier molecular flexibility index (Phi) is 3.92. The fourth-order valence-corrected chi connectivity index (χ4v) is 2.73. The maximum absolute atomic E-state index is 10.7. The Balaban J connectivity index is 2.25. The van der Waals surface area contributed by atoms with E-state index in [2.05, 4.69) is 43.1 Å². The molecule has 2 rings (SSSR count). The number of aromatic nitrogens is 1. The first-order chi connectivity index (χ1) is 8.60. The van der Waals surface area contributed by atoms with E-state index >= 15 is 0 Å². The molecule has 93 valence electrons. The van der Waals surface area contributed by atoms with E-state index in [0.717, 1.165) is 22.7 Å². The number of hydrogen-bond acceptors (Lipinski definition) is 3. The molecule has 0 spiro atoms. The molecule has 0 saturated heterocycles. The number of hydrogen-bond donors (Lipinski definition) is 0. The summed E-state index contributed by atoms with van der Waals surface area (Å²) in [4.78, 5) is 15.7. The average Bonchev–Trinajstić information content (AvgIpc) is 2.71. The van der Waals surface area contributed by atoms with Gasteiger partial charge in [-0.2, -0.15) is 0 Å². The maximum atomic E-state index is 10.7. The summed E-state index contributed by atoms with van der Waals surface area (Å²) in [6, 6.07) is 8.42. The van der Waals surface area contributed by atoms with E-state index in [1.165, 1.54) is 16.9 Å². The lowest BCUT2D eigenvalue weighted by Crippen LogP contribution is -1.93. The van der Waals surface area contributed by atoms with Gasteiger partial charge >= 0.3 is 0 Å². The van der Waals surface area contributed by atoms with E-state index in [1.54, 1.807) is 0 Å². The molecule has 0 fully saturated rings. The first-order valence-electron chi connectivity index (χ1n) is 6.05. The first kappa shape index (κ1) is 13.0. The van der Waals surface area contributed by atoms with Crippen molar-refractivity contribution in [2.45, 2.75) is 27.2 Å². The third kappa shape index (κ3) is 2.85. The Morgan fingerprint density at radius 2 is 1.94 bits per heavy atom. The molecule has 0 aliphatic rings. The molecule has 0 amide bonds. The molecule has 0 unspecified atom stereocenters. The highest BCUT2D eigenvalue weighted by atomic mass is 32.1. The Bertz CT molecular complexity index is 540. The zero-order valence-corrected chi connectivity index (χ0v) is 11.7. The normalized spacial score (nSPS) is 10.9. The van der Waals surface area contributed by atoms with Crippen LogP contribution in [-0.2, 0) is 11.2 Å². The third-order valence-corrected chi connectivity index (χ3v) is 3.84. The molecule has 0 saturated carbocycles. The van der Waals surface area contributed by atoms with Crippen LogP contribution in [0.15, 0.2) is 24.3 Å². The zero-order valence-electron chi connectivity index (χ0n) is 10.9. The highest BCUT2D eigenvalue weighted by Crippen LogP contribution is 2.27. The van der Waals surface area contributed by atoms with Crippen LogP contribution in [0.1, 0.15) is 30.0 Å². The largest absolute Gasteiger partial charge is 0.284 e. The maximum Gasteiger partial charge on any atom is 0.246 e. The fourth-order valence-electron chi connectivity index (χ4n) is 1.87. The summed E-state index contributed by atoms with van der Waals surface area (Å²) in [5.74, 6) is 0.661. The summed E-state index contributed by atoms with van der Waals surface area (Å²) in [5, 5.41) is 0.891. The summed E-state index contributed by atoms with van der Waals surface area (Å²) in [5.41, 5.74) is 3.16. The second-order valence-electron chi connectivity index (χ2n) is 4.83. The van der Waals surface area contributed by atoms with E-state index in [1.807, 2.05) is 13.2 Å². The van der Waals surface area contributed by atoms with Crippen molar-refractivity contribution in [3.63, 3.8) is 0 Å². The van der Waals surface area contributed by atoms with Crippen LogP contribution in [0.5, 0.6) is 0 Å². The monoisotopic (exact) mass is 258 g/mol. The first-order valence-corrected chi connectivity index (χ1v) is 6.86. The van der Waals surface area contributed by atoms with Gasteiger partial charge in [-0.15, -0.1) is 11.3 Å². The minimum atomic E-state index is 0.594. The van der Waals surface area contributed by atoms with Gasteiger partial charge in [0.1, 0.15) is 9.88 Å². The van der Waals surface area contributed by atoms with E-state index < -0.39 is 0 Å². The van der Waals surface area contributed by atoms with Gasteiger partial charge in [-0.25, -0.2) is 4.98 Å². The molecule has 2 aromatic rings. The second kappa shape index (κ2) is 5.44. The molecular weight excluding hydrogens is 242 g/mol. The smallest absolute Gasteiger partial charge is 0.246 e. The van der Waals surface area contributed by atoms with Gasteiger partial charge in [-0.3, -0.25) is 4.79 Å². The predicted octanol–water partition coefficient (Wildman–Crippen LogP) is 3.77. The number of nitrogens with zero attached hydrogens (tertiary/aromatic N) is 1. The van der Waals surface area contributed by atoms with Crippen molar-refractivity contribution in [3.8, 4) is 10.6 Å². The second-order valence-corrected chi connectivity index (χ2v) is 5.83. The molecule has 3 heteroatoms. The van der Waals surface area contributed by atoms with Crippen LogP contribution < -0.4 is 0 Å². The SMILES string of the molecule is Cc1nc(-c2ccc(CC(C)C)cc2)sc1[C]=O. The molecule has 1 heterocycles. The summed E-state index contributed by atoms with van der Waals surface area (Å²) in [6.45, 7) is 6.27. The van der Waals surface area contributed by atoms with E-state index in [-0.39, 0.29) is 0 Å². The average molecular weight is 258 g/mol. The van der Waals surface area contributed by atoms with Crippen LogP contribution in [0.4, 0.5) is 0 Å². The number of thiazole rings is 1. The molecule has 1 aromatic heterocycles. The van der Waals surface area contributed by atoms with Gasteiger partial charge in [0, 0.05) is 5.56 Å². The van der Waals surface area contributed by atoms with Crippen molar-refractivity contribution in [1.82, 2.24) is 4.98 Å². The summed E-state index contributed by atoms with van der Waals surface area (Å²) in [6.07, 6.45) is 3.02. The highest BCUT2D eigenvalue weighted by Gasteiger charge is 2.09. The van der Waals surface area contributed by atoms with Gasteiger partial charge in [0.2, 0.25) is 6.29 Å². The molecule has 0 bridgehead atoms. The molecule has 2 nitrogen and oxygen atoms in total. The van der Waals surface area contributed by atoms with Gasteiger partial charge in [0.25, 0.3) is 0 Å². The van der Waals surface area contributed by atoms with Crippen molar-refractivity contribution in [3.05, 3.63) is 40.4 Å². The Labute approximate surface area is 112 Å². The van der Waals surface area contributed by atoms with Gasteiger partial charge in [-0.05, 0) is 24.8 Å². The van der Waals surface area contributed by atoms with E-state index in [0.29, 0.717) is 10.8 Å². The van der Waals surface area contributed by atoms with Gasteiger partial charge in [0.05, 0.1) is 5.69 Å². The van der Waals surface area contributed by atoms with Crippen molar-refractivity contribution in [2.75, 3.05) is 0 Å². The Hall–Kier alpha value is -1.48. The van der Waals surface area contributed by atoms with Crippen LogP contribution in [0, 0.1) is 12.8 Å². The van der Waals surface area contributed by atoms with Crippen molar-refractivity contribution in [2.24, 2.45) is 5.92 Å². The quantitative estimate of drug-likeness (QED) is 0.835. The van der Waals surface area contributed by atoms with Crippen molar-refractivity contribution >= 4 is 17.6 Å². The molecule has 0 aliphatic heterocycles. The summed E-state index contributed by atoms with van der Waals surface area (Å²) in [7, 11) is 0. The standard InChI is InChI=1S/C15H16NOS/c1-10(2)8-12-4-6-13(7-5-12)15-16-11(3)14(9-17)18-15/h4-7,10H,8H2,1-3H3. The van der Waals surface area contributed by atoms with Crippen LogP contribution >= 0.6 is 11.3 Å². The lowest BCUT2D eigenvalue weighted by molar-refractivity contribution is 0.563. The number of aryl methyl sites for hydroxylation is 1. The predicted molar refractivity (Wildman–Crippen MR) is 75.6 cm³/mol. The van der Waals surface area contributed by atoms with Crippen LogP contribution in [0.25, 0.3) is 10.6 Å². The topological polar surface area (TPSA) is 30.0 Å². The molecular formula is C15H16NOS. The van der Waals surface area contributed by atoms with Crippen LogP contribution in [-0.4, -0.2) is 11.3 Å². The molecule has 0 N–H and O–H groups in total. The lowest BCUT2D eigenvalue weighted by Gasteiger charge is -2.05. The summed E-state index contributed by atoms with van der Waals surface area (Å²) >= 11 is 1.40. The lowest BCUT2D eigenvalue weighted by atomic mass is 10.0. The van der Waals surface area contributed by atoms with Gasteiger partial charge < -0.3 is 0 Å². The van der Waals surface area contributed by atoms with Gasteiger partial charge in [-0.1, -0.05) is 38.1 Å². The minimum absolute atomic E-state index is 0.594.